The zero-order valence-corrected chi connectivity index (χ0v) is 23.0. The Morgan fingerprint density at radius 1 is 0.919 bits per heavy atom. The Kier molecular flexibility index (Phi) is 9.47. The van der Waals surface area contributed by atoms with Crippen molar-refractivity contribution in [3.63, 3.8) is 0 Å². The molecule has 0 aliphatic rings. The molecule has 3 aromatic rings. The van der Waals surface area contributed by atoms with E-state index in [1.165, 1.54) is 11.3 Å². The number of amides is 2. The molecule has 0 fully saturated rings. The Hall–Kier alpha value is -3.65. The lowest BCUT2D eigenvalue weighted by molar-refractivity contribution is -0.122. The standard InChI is InChI=1S/C29H34N2O5S/c1-7-20-11-10-12-21(8-2)25(20)30-26(32)18(5)36-23-15-13-22(14-16-23)27(33)31-28-24(29(34)35-9-3)17(4)19(6)37-28/h10-16,18H,7-9H2,1-6H3,(H,30,32)(H,31,33). The van der Waals surface area contributed by atoms with E-state index in [2.05, 4.69) is 24.5 Å². The Labute approximate surface area is 222 Å². The highest BCUT2D eigenvalue weighted by Gasteiger charge is 2.23. The van der Waals surface area contributed by atoms with E-state index >= 15 is 0 Å². The largest absolute Gasteiger partial charge is 0.481 e. The monoisotopic (exact) mass is 522 g/mol. The summed E-state index contributed by atoms with van der Waals surface area (Å²) in [5, 5.41) is 6.31. The van der Waals surface area contributed by atoms with E-state index in [0.717, 1.165) is 40.1 Å². The zero-order chi connectivity index (χ0) is 27.1. The summed E-state index contributed by atoms with van der Waals surface area (Å²) in [6.45, 7) is 11.5. The van der Waals surface area contributed by atoms with Crippen LogP contribution in [0.3, 0.4) is 0 Å². The van der Waals surface area contributed by atoms with Crippen molar-refractivity contribution in [3.05, 3.63) is 75.2 Å². The summed E-state index contributed by atoms with van der Waals surface area (Å²) >= 11 is 1.34. The second-order valence-corrected chi connectivity index (χ2v) is 9.82. The predicted molar refractivity (Wildman–Crippen MR) is 148 cm³/mol. The zero-order valence-electron chi connectivity index (χ0n) is 22.2. The molecule has 2 N–H and O–H groups in total. The molecule has 0 aliphatic heterocycles. The number of carbonyl (C=O) groups excluding carboxylic acids is 3. The van der Waals surface area contributed by atoms with Crippen LogP contribution in [-0.4, -0.2) is 30.5 Å². The topological polar surface area (TPSA) is 93.7 Å². The van der Waals surface area contributed by atoms with E-state index in [1.54, 1.807) is 38.1 Å². The van der Waals surface area contributed by atoms with Crippen LogP contribution >= 0.6 is 11.3 Å². The highest BCUT2D eigenvalue weighted by molar-refractivity contribution is 7.16. The summed E-state index contributed by atoms with van der Waals surface area (Å²) in [7, 11) is 0. The first-order chi connectivity index (χ1) is 17.7. The van der Waals surface area contributed by atoms with Gasteiger partial charge in [-0.25, -0.2) is 4.79 Å². The molecular formula is C29H34N2O5S. The quantitative estimate of drug-likeness (QED) is 0.304. The number of nitrogens with one attached hydrogen (secondary N) is 2. The average molecular weight is 523 g/mol. The van der Waals surface area contributed by atoms with Crippen LogP contribution in [-0.2, 0) is 22.4 Å². The number of hydrogen-bond acceptors (Lipinski definition) is 6. The molecule has 0 aliphatic carbocycles. The molecule has 0 bridgehead atoms. The Balaban J connectivity index is 1.67. The molecule has 3 rings (SSSR count). The van der Waals surface area contributed by atoms with Gasteiger partial charge in [0.25, 0.3) is 11.8 Å². The van der Waals surface area contributed by atoms with Crippen LogP contribution in [0.2, 0.25) is 0 Å². The summed E-state index contributed by atoms with van der Waals surface area (Å²) in [6.07, 6.45) is 0.890. The Bertz CT molecular complexity index is 1260. The highest BCUT2D eigenvalue weighted by Crippen LogP contribution is 2.33. The SMILES string of the molecule is CCOC(=O)c1c(NC(=O)c2ccc(OC(C)C(=O)Nc3c(CC)cccc3CC)cc2)sc(C)c1C. The van der Waals surface area contributed by atoms with Gasteiger partial charge in [-0.3, -0.25) is 9.59 Å². The third kappa shape index (κ3) is 6.57. The summed E-state index contributed by atoms with van der Waals surface area (Å²) in [4.78, 5) is 39.1. The van der Waals surface area contributed by atoms with Crippen LogP contribution in [0.1, 0.15) is 70.0 Å². The first-order valence-corrected chi connectivity index (χ1v) is 13.3. The summed E-state index contributed by atoms with van der Waals surface area (Å²) in [5.41, 5.74) is 4.58. The van der Waals surface area contributed by atoms with Crippen molar-refractivity contribution in [1.82, 2.24) is 0 Å². The molecule has 0 radical (unpaired) electrons. The predicted octanol–water partition coefficient (Wildman–Crippen LogP) is 6.32. The number of hydrogen-bond donors (Lipinski definition) is 2. The Morgan fingerprint density at radius 2 is 1.54 bits per heavy atom. The lowest BCUT2D eigenvalue weighted by atomic mass is 10.0. The van der Waals surface area contributed by atoms with E-state index in [9.17, 15) is 14.4 Å². The maximum absolute atomic E-state index is 12.9. The van der Waals surface area contributed by atoms with Gasteiger partial charge in [-0.05, 0) is 81.5 Å². The third-order valence-electron chi connectivity index (χ3n) is 6.14. The summed E-state index contributed by atoms with van der Waals surface area (Å²) < 4.78 is 11.0. The van der Waals surface area contributed by atoms with Crippen LogP contribution in [0.4, 0.5) is 10.7 Å². The molecule has 2 amide bonds. The van der Waals surface area contributed by atoms with Crippen molar-refractivity contribution >= 4 is 39.8 Å². The minimum absolute atomic E-state index is 0.243. The molecule has 7 nitrogen and oxygen atoms in total. The smallest absolute Gasteiger partial charge is 0.341 e. The van der Waals surface area contributed by atoms with Gasteiger partial charge >= 0.3 is 5.97 Å². The van der Waals surface area contributed by atoms with Gasteiger partial charge in [-0.1, -0.05) is 32.0 Å². The number of esters is 1. The molecule has 196 valence electrons. The van der Waals surface area contributed by atoms with Crippen molar-refractivity contribution in [3.8, 4) is 5.75 Å². The van der Waals surface area contributed by atoms with Gasteiger partial charge in [0.1, 0.15) is 10.8 Å². The molecule has 1 unspecified atom stereocenters. The number of aryl methyl sites for hydroxylation is 3. The highest BCUT2D eigenvalue weighted by atomic mass is 32.1. The molecule has 1 heterocycles. The minimum Gasteiger partial charge on any atom is -0.481 e. The van der Waals surface area contributed by atoms with E-state index < -0.39 is 12.1 Å². The lowest BCUT2D eigenvalue weighted by Crippen LogP contribution is -2.31. The van der Waals surface area contributed by atoms with Gasteiger partial charge < -0.3 is 20.1 Å². The molecule has 1 aromatic heterocycles. The van der Waals surface area contributed by atoms with Crippen LogP contribution in [0.25, 0.3) is 0 Å². The first-order valence-electron chi connectivity index (χ1n) is 12.5. The molecule has 2 aromatic carbocycles. The number of anilines is 2. The van der Waals surface area contributed by atoms with Crippen LogP contribution in [0.5, 0.6) is 5.75 Å². The van der Waals surface area contributed by atoms with Crippen molar-refractivity contribution < 1.29 is 23.9 Å². The van der Waals surface area contributed by atoms with Crippen LogP contribution in [0, 0.1) is 13.8 Å². The van der Waals surface area contributed by atoms with E-state index in [4.69, 9.17) is 9.47 Å². The van der Waals surface area contributed by atoms with Gasteiger partial charge in [0.05, 0.1) is 12.2 Å². The second kappa shape index (κ2) is 12.5. The molecule has 1 atom stereocenters. The summed E-state index contributed by atoms with van der Waals surface area (Å²) in [5.74, 6) is -0.586. The van der Waals surface area contributed by atoms with E-state index in [0.29, 0.717) is 21.9 Å². The average Bonchev–Trinajstić information content (AvgIpc) is 3.16. The van der Waals surface area contributed by atoms with Gasteiger partial charge in [-0.15, -0.1) is 11.3 Å². The molecule has 37 heavy (non-hydrogen) atoms. The van der Waals surface area contributed by atoms with Crippen molar-refractivity contribution in [1.29, 1.82) is 0 Å². The number of thiophene rings is 1. The van der Waals surface area contributed by atoms with E-state index in [-0.39, 0.29) is 18.4 Å². The minimum atomic E-state index is -0.737. The normalized spacial score (nSPS) is 11.5. The number of benzene rings is 2. The van der Waals surface area contributed by atoms with Gasteiger partial charge in [-0.2, -0.15) is 0 Å². The number of carbonyl (C=O) groups is 3. The molecule has 0 saturated carbocycles. The molecular weight excluding hydrogens is 488 g/mol. The molecule has 0 spiro atoms. The third-order valence-corrected chi connectivity index (χ3v) is 7.26. The Morgan fingerprint density at radius 3 is 2.11 bits per heavy atom. The number of para-hydroxylation sites is 1. The molecule has 8 heteroatoms. The fourth-order valence-electron chi connectivity index (χ4n) is 3.91. The maximum atomic E-state index is 12.9. The first kappa shape index (κ1) is 27.9. The van der Waals surface area contributed by atoms with Crippen molar-refractivity contribution in [2.75, 3.05) is 17.2 Å². The van der Waals surface area contributed by atoms with Crippen LogP contribution < -0.4 is 15.4 Å². The molecule has 0 saturated heterocycles. The lowest BCUT2D eigenvalue weighted by Gasteiger charge is -2.18. The van der Waals surface area contributed by atoms with Crippen molar-refractivity contribution in [2.24, 2.45) is 0 Å². The fourth-order valence-corrected chi connectivity index (χ4v) is 4.95. The van der Waals surface area contributed by atoms with Gasteiger partial charge in [0.15, 0.2) is 6.10 Å². The fraction of sp³-hybridized carbons (Fsp3) is 0.345. The number of rotatable bonds is 10. The van der Waals surface area contributed by atoms with Crippen LogP contribution in [0.15, 0.2) is 42.5 Å². The summed E-state index contributed by atoms with van der Waals surface area (Å²) in [6, 6.07) is 12.6. The second-order valence-electron chi connectivity index (χ2n) is 8.59. The maximum Gasteiger partial charge on any atom is 0.341 e. The van der Waals surface area contributed by atoms with E-state index in [1.807, 2.05) is 32.0 Å². The number of ether oxygens (including phenoxy) is 2. The van der Waals surface area contributed by atoms with Gasteiger partial charge in [0.2, 0.25) is 0 Å². The van der Waals surface area contributed by atoms with Crippen molar-refractivity contribution in [2.45, 2.75) is 60.5 Å². The van der Waals surface area contributed by atoms with Gasteiger partial charge in [0, 0.05) is 16.1 Å².